The Morgan fingerprint density at radius 3 is 1.09 bits per heavy atom. The van der Waals surface area contributed by atoms with Crippen LogP contribution in [0.1, 0.15) is 63.8 Å². The summed E-state index contributed by atoms with van der Waals surface area (Å²) in [4.78, 5) is 32.8. The van der Waals surface area contributed by atoms with Crippen LogP contribution in [0.15, 0.2) is 231 Å². The molecule has 0 fully saturated rings. The molecule has 0 saturated carbocycles. The molecule has 442 valence electrons. The second-order valence-corrected chi connectivity index (χ2v) is 27.3. The van der Waals surface area contributed by atoms with E-state index in [9.17, 15) is 0 Å². The average Bonchev–Trinajstić information content (AvgIpc) is 1.58. The van der Waals surface area contributed by atoms with Gasteiger partial charge in [0.15, 0.2) is 0 Å². The number of aryl methyl sites for hydroxylation is 2. The van der Waals surface area contributed by atoms with Gasteiger partial charge in [0.25, 0.3) is 0 Å². The maximum absolute atomic E-state index is 6.19. The Bertz CT molecular complexity index is 5720. The molecule has 19 rings (SSSR count). The molecule has 8 nitrogen and oxygen atoms in total. The molecule has 9 heteroatoms. The molecular weight excluding hydrogens is 1150 g/mol. The first-order chi connectivity index (χ1) is 45.5. The number of rotatable bonds is 8. The molecule has 0 amide bonds. The standard InChI is InChI=1S/C84H60N8S/c1-7-91-71-31-25-49(39-59(71)61-43-51(27-33-73(61)91)69-45-85-35-37-87-69)47-23-29-53-54-30-24-48(50-26-32-72-60(40-50)62-44-52(70-46-86-36-38-88-70)28-34-74(62)92(72)8-2)42-64(54)78-77(63(53)41-47)89-79-80(90-78)82(58-18-14-22-68-76(58)56-16-10-12-20-66(56)84(68,5)6)93-81(79)57-17-13-21-67-75(57)55-15-9-11-19-65(55)83(67,3)4/h9-46H,7-8H2,1-6H3. The number of benzene rings is 11. The highest BCUT2D eigenvalue weighted by Gasteiger charge is 2.40. The average molecular weight is 1210 g/mol. The zero-order valence-electron chi connectivity index (χ0n) is 52.3. The van der Waals surface area contributed by atoms with Crippen LogP contribution in [0.3, 0.4) is 0 Å². The van der Waals surface area contributed by atoms with Crippen molar-refractivity contribution in [2.24, 2.45) is 0 Å². The fraction of sp³-hybridized carbons (Fsp3) is 0.119. The largest absolute Gasteiger partial charge is 0.341 e. The molecule has 6 aromatic heterocycles. The first kappa shape index (κ1) is 53.8. The minimum atomic E-state index is -0.194. The van der Waals surface area contributed by atoms with E-state index in [-0.39, 0.29) is 10.8 Å². The molecule has 11 aromatic carbocycles. The highest BCUT2D eigenvalue weighted by Crippen LogP contribution is 2.58. The van der Waals surface area contributed by atoms with Crippen molar-refractivity contribution in [3.8, 4) is 87.9 Å². The Labute approximate surface area is 541 Å². The summed E-state index contributed by atoms with van der Waals surface area (Å²) < 4.78 is 4.83. The lowest BCUT2D eigenvalue weighted by Gasteiger charge is -2.21. The summed E-state index contributed by atoms with van der Waals surface area (Å²) >= 11 is 1.85. The normalized spacial score (nSPS) is 13.7. The first-order valence-corrected chi connectivity index (χ1v) is 33.1. The molecule has 17 aromatic rings. The quantitative estimate of drug-likeness (QED) is 0.141. The van der Waals surface area contributed by atoms with Crippen LogP contribution in [0.25, 0.3) is 175 Å². The summed E-state index contributed by atoms with van der Waals surface area (Å²) in [5, 5.41) is 9.16. The van der Waals surface area contributed by atoms with Crippen molar-refractivity contribution >= 4 is 98.6 Å². The Kier molecular flexibility index (Phi) is 11.4. The Hall–Kier alpha value is -11.0. The van der Waals surface area contributed by atoms with Crippen molar-refractivity contribution in [3.05, 3.63) is 254 Å². The summed E-state index contributed by atoms with van der Waals surface area (Å²) in [6.45, 7) is 15.6. The molecule has 0 N–H and O–H groups in total. The maximum atomic E-state index is 6.19. The van der Waals surface area contributed by atoms with Gasteiger partial charge in [-0.1, -0.05) is 161 Å². The zero-order valence-corrected chi connectivity index (χ0v) is 53.2. The van der Waals surface area contributed by atoms with Crippen molar-refractivity contribution in [2.45, 2.75) is 65.5 Å². The Balaban J connectivity index is 0.897. The molecule has 2 aliphatic rings. The van der Waals surface area contributed by atoms with Crippen molar-refractivity contribution in [1.82, 2.24) is 39.0 Å². The Morgan fingerprint density at radius 2 is 0.688 bits per heavy atom. The zero-order chi connectivity index (χ0) is 62.2. The number of nitrogens with zero attached hydrogens (tertiary/aromatic N) is 8. The lowest BCUT2D eigenvalue weighted by Crippen LogP contribution is -2.14. The number of hydrogen-bond acceptors (Lipinski definition) is 7. The van der Waals surface area contributed by atoms with Crippen LogP contribution in [0.5, 0.6) is 0 Å². The molecule has 0 aliphatic heterocycles. The second kappa shape index (κ2) is 19.8. The molecule has 0 radical (unpaired) electrons. The topological polar surface area (TPSA) is 87.2 Å². The smallest absolute Gasteiger partial charge is 0.109 e. The molecule has 2 aliphatic carbocycles. The van der Waals surface area contributed by atoms with Gasteiger partial charge in [-0.05, 0) is 152 Å². The fourth-order valence-electron chi connectivity index (χ4n) is 16.4. The van der Waals surface area contributed by atoms with Gasteiger partial charge < -0.3 is 9.13 Å². The maximum Gasteiger partial charge on any atom is 0.109 e. The molecule has 0 bridgehead atoms. The molecular formula is C84H60N8S. The van der Waals surface area contributed by atoms with Gasteiger partial charge in [0.05, 0.1) is 44.6 Å². The molecule has 0 atom stereocenters. The van der Waals surface area contributed by atoms with Gasteiger partial charge in [-0.15, -0.1) is 11.3 Å². The van der Waals surface area contributed by atoms with E-state index in [1.807, 2.05) is 23.7 Å². The predicted molar refractivity (Wildman–Crippen MR) is 386 cm³/mol. The van der Waals surface area contributed by atoms with Crippen molar-refractivity contribution in [2.75, 3.05) is 0 Å². The van der Waals surface area contributed by atoms with Gasteiger partial charge in [0, 0.05) is 125 Å². The van der Waals surface area contributed by atoms with E-state index in [2.05, 4.69) is 255 Å². The minimum absolute atomic E-state index is 0.194. The van der Waals surface area contributed by atoms with Crippen LogP contribution in [-0.4, -0.2) is 39.0 Å². The van der Waals surface area contributed by atoms with E-state index >= 15 is 0 Å². The van der Waals surface area contributed by atoms with Gasteiger partial charge >= 0.3 is 0 Å². The van der Waals surface area contributed by atoms with Crippen molar-refractivity contribution < 1.29 is 0 Å². The van der Waals surface area contributed by atoms with Gasteiger partial charge in [-0.25, -0.2) is 9.97 Å². The number of aromatic nitrogens is 8. The van der Waals surface area contributed by atoms with Gasteiger partial charge in [0.1, 0.15) is 11.0 Å². The van der Waals surface area contributed by atoms with Crippen LogP contribution in [0.2, 0.25) is 0 Å². The van der Waals surface area contributed by atoms with E-state index in [1.54, 1.807) is 24.8 Å². The van der Waals surface area contributed by atoms with Gasteiger partial charge in [0.2, 0.25) is 0 Å². The van der Waals surface area contributed by atoms with Crippen LogP contribution in [0, 0.1) is 0 Å². The minimum Gasteiger partial charge on any atom is -0.341 e. The molecule has 0 saturated heterocycles. The third-order valence-electron chi connectivity index (χ3n) is 20.8. The fourth-order valence-corrected chi connectivity index (χ4v) is 17.6. The molecule has 93 heavy (non-hydrogen) atoms. The van der Waals surface area contributed by atoms with E-state index in [1.165, 1.54) is 99.2 Å². The number of fused-ring (bicyclic) bond motifs is 19. The molecule has 6 heterocycles. The van der Waals surface area contributed by atoms with Crippen LogP contribution >= 0.6 is 11.3 Å². The third-order valence-corrected chi connectivity index (χ3v) is 22.1. The summed E-state index contributed by atoms with van der Waals surface area (Å²) in [5.41, 5.74) is 29.1. The Morgan fingerprint density at radius 1 is 0.333 bits per heavy atom. The SMILES string of the molecule is CCn1c2ccc(-c3ccc4c5ccc(-c6ccc7c(c6)c6cc(-c8cnccn8)ccc6n7CC)cc5c5nc6c(-c7cccc8c7-c7ccccc7C8(C)C)sc(-c7cccc8c7-c7ccccc7C8(C)C)c6nc5c4c3)cc2c2cc(-c3cnccn3)ccc21. The summed E-state index contributed by atoms with van der Waals surface area (Å²) in [6, 6.07) is 73.3. The van der Waals surface area contributed by atoms with E-state index in [0.717, 1.165) is 111 Å². The number of hydrogen-bond donors (Lipinski definition) is 0. The predicted octanol–water partition coefficient (Wildman–Crippen LogP) is 21.6. The number of thiophene rings is 1. The van der Waals surface area contributed by atoms with E-state index in [0.29, 0.717) is 0 Å². The third kappa shape index (κ3) is 7.65. The van der Waals surface area contributed by atoms with Crippen molar-refractivity contribution in [3.63, 3.8) is 0 Å². The molecule has 0 unspecified atom stereocenters. The highest BCUT2D eigenvalue weighted by molar-refractivity contribution is 7.21. The molecule has 0 spiro atoms. The summed E-state index contributed by atoms with van der Waals surface area (Å²) in [5.74, 6) is 0. The monoisotopic (exact) mass is 1210 g/mol. The van der Waals surface area contributed by atoms with Crippen molar-refractivity contribution in [1.29, 1.82) is 0 Å². The summed E-state index contributed by atoms with van der Waals surface area (Å²) in [7, 11) is 0. The first-order valence-electron chi connectivity index (χ1n) is 32.3. The van der Waals surface area contributed by atoms with Crippen LogP contribution in [-0.2, 0) is 23.9 Å². The van der Waals surface area contributed by atoms with Gasteiger partial charge in [-0.3, -0.25) is 19.9 Å². The van der Waals surface area contributed by atoms with Crippen LogP contribution < -0.4 is 0 Å². The van der Waals surface area contributed by atoms with Crippen LogP contribution in [0.4, 0.5) is 0 Å². The lowest BCUT2D eigenvalue weighted by molar-refractivity contribution is 0.660. The van der Waals surface area contributed by atoms with E-state index < -0.39 is 0 Å². The second-order valence-electron chi connectivity index (χ2n) is 26.3. The highest BCUT2D eigenvalue weighted by atomic mass is 32.1. The lowest BCUT2D eigenvalue weighted by atomic mass is 9.82. The van der Waals surface area contributed by atoms with Gasteiger partial charge in [-0.2, -0.15) is 0 Å². The summed E-state index contributed by atoms with van der Waals surface area (Å²) in [6.07, 6.45) is 10.7. The van der Waals surface area contributed by atoms with E-state index in [4.69, 9.17) is 19.9 Å².